The molecule has 0 radical (unpaired) electrons. The van der Waals surface area contributed by atoms with E-state index in [1.165, 1.54) is 4.88 Å². The largest absolute Gasteiger partial charge is 0.465 e. The lowest BCUT2D eigenvalue weighted by molar-refractivity contribution is 0.194. The quantitative estimate of drug-likeness (QED) is 0.624. The summed E-state index contributed by atoms with van der Waals surface area (Å²) < 4.78 is 0. The number of carboxylic acid groups (broad SMARTS) is 1. The molecule has 3 N–H and O–H groups in total. The average molecular weight is 200 g/mol. The minimum atomic E-state index is -0.974. The third-order valence-electron chi connectivity index (χ3n) is 1.46. The van der Waals surface area contributed by atoms with Gasteiger partial charge in [0.05, 0.1) is 0 Å². The van der Waals surface area contributed by atoms with Crippen molar-refractivity contribution in [3.05, 3.63) is 22.4 Å². The summed E-state index contributed by atoms with van der Waals surface area (Å²) in [5.41, 5.74) is 0. The molecule has 0 unspecified atom stereocenters. The summed E-state index contributed by atoms with van der Waals surface area (Å²) in [5, 5.41) is 15.7. The Hall–Kier alpha value is -1.07. The zero-order valence-corrected chi connectivity index (χ0v) is 7.93. The van der Waals surface area contributed by atoms with E-state index in [9.17, 15) is 4.79 Å². The van der Waals surface area contributed by atoms with E-state index in [4.69, 9.17) is 5.11 Å². The predicted octanol–water partition coefficient (Wildman–Crippen LogP) is 1.11. The van der Waals surface area contributed by atoms with Gasteiger partial charge in [0, 0.05) is 24.5 Å². The van der Waals surface area contributed by atoms with Gasteiger partial charge in [0.25, 0.3) is 0 Å². The Bertz CT molecular complexity index is 249. The van der Waals surface area contributed by atoms with Crippen LogP contribution in [-0.4, -0.2) is 24.3 Å². The second-order valence-corrected chi connectivity index (χ2v) is 3.52. The van der Waals surface area contributed by atoms with E-state index in [1.54, 1.807) is 11.3 Å². The van der Waals surface area contributed by atoms with E-state index in [-0.39, 0.29) is 0 Å². The van der Waals surface area contributed by atoms with Gasteiger partial charge in [0.2, 0.25) is 0 Å². The first-order chi connectivity index (χ1) is 6.29. The maximum atomic E-state index is 10.1. The van der Waals surface area contributed by atoms with E-state index >= 15 is 0 Å². The van der Waals surface area contributed by atoms with Crippen LogP contribution in [0, 0.1) is 0 Å². The molecule has 1 aromatic rings. The highest BCUT2D eigenvalue weighted by Crippen LogP contribution is 2.06. The van der Waals surface area contributed by atoms with Gasteiger partial charge < -0.3 is 15.7 Å². The Morgan fingerprint density at radius 3 is 3.00 bits per heavy atom. The van der Waals surface area contributed by atoms with Gasteiger partial charge in [-0.3, -0.25) is 0 Å². The zero-order valence-electron chi connectivity index (χ0n) is 7.12. The van der Waals surface area contributed by atoms with Gasteiger partial charge in [-0.15, -0.1) is 11.3 Å². The molecule has 0 aromatic carbocycles. The fourth-order valence-corrected chi connectivity index (χ4v) is 1.56. The lowest BCUT2D eigenvalue weighted by Crippen LogP contribution is -2.30. The maximum absolute atomic E-state index is 10.1. The first-order valence-corrected chi connectivity index (χ1v) is 4.87. The summed E-state index contributed by atoms with van der Waals surface area (Å²) in [6, 6.07) is 4.04. The van der Waals surface area contributed by atoms with E-state index < -0.39 is 6.09 Å². The van der Waals surface area contributed by atoms with E-state index in [2.05, 4.69) is 10.6 Å². The van der Waals surface area contributed by atoms with Crippen molar-refractivity contribution < 1.29 is 9.90 Å². The van der Waals surface area contributed by atoms with Crippen LogP contribution in [0.2, 0.25) is 0 Å². The van der Waals surface area contributed by atoms with Crippen molar-refractivity contribution in [2.75, 3.05) is 13.1 Å². The predicted molar refractivity (Wildman–Crippen MR) is 52.1 cm³/mol. The van der Waals surface area contributed by atoms with E-state index in [1.807, 2.05) is 17.5 Å². The van der Waals surface area contributed by atoms with Crippen LogP contribution in [0.15, 0.2) is 17.5 Å². The fraction of sp³-hybridized carbons (Fsp3) is 0.375. The number of hydrogen-bond donors (Lipinski definition) is 3. The average Bonchev–Trinajstić information content (AvgIpc) is 2.55. The van der Waals surface area contributed by atoms with E-state index in [0.717, 1.165) is 6.54 Å². The molecule has 0 bridgehead atoms. The fourth-order valence-electron chi connectivity index (χ4n) is 0.883. The second-order valence-electron chi connectivity index (χ2n) is 2.49. The number of hydrogen-bond acceptors (Lipinski definition) is 3. The third-order valence-corrected chi connectivity index (χ3v) is 2.33. The summed E-state index contributed by atoms with van der Waals surface area (Å²) in [6.45, 7) is 1.91. The minimum Gasteiger partial charge on any atom is -0.465 e. The molecule has 72 valence electrons. The van der Waals surface area contributed by atoms with Crippen LogP contribution in [-0.2, 0) is 6.54 Å². The molecule has 4 nitrogen and oxygen atoms in total. The van der Waals surface area contributed by atoms with Crippen molar-refractivity contribution in [1.82, 2.24) is 10.6 Å². The summed E-state index contributed by atoms with van der Waals surface area (Å²) in [7, 11) is 0. The molecule has 1 amide bonds. The first kappa shape index (κ1) is 10.0. The van der Waals surface area contributed by atoms with Gasteiger partial charge in [-0.1, -0.05) is 6.07 Å². The van der Waals surface area contributed by atoms with Crippen molar-refractivity contribution in [2.24, 2.45) is 0 Å². The molecule has 1 rings (SSSR count). The smallest absolute Gasteiger partial charge is 0.404 e. The Kier molecular flexibility index (Phi) is 4.28. The standard InChI is InChI=1S/C8H12N2O2S/c11-8(12)10-4-3-9-6-7-2-1-5-13-7/h1-2,5,9-10H,3-4,6H2,(H,11,12). The zero-order chi connectivity index (χ0) is 9.52. The lowest BCUT2D eigenvalue weighted by Gasteiger charge is -2.02. The number of nitrogens with one attached hydrogen (secondary N) is 2. The van der Waals surface area contributed by atoms with Crippen LogP contribution in [0.3, 0.4) is 0 Å². The SMILES string of the molecule is O=C(O)NCCNCc1cccs1. The van der Waals surface area contributed by atoms with Crippen molar-refractivity contribution in [3.63, 3.8) is 0 Å². The number of rotatable bonds is 5. The Morgan fingerprint density at radius 1 is 1.54 bits per heavy atom. The van der Waals surface area contributed by atoms with Crippen LogP contribution in [0.25, 0.3) is 0 Å². The normalized spacial score (nSPS) is 9.85. The molecule has 13 heavy (non-hydrogen) atoms. The van der Waals surface area contributed by atoms with E-state index in [0.29, 0.717) is 13.1 Å². The monoisotopic (exact) mass is 200 g/mol. The van der Waals surface area contributed by atoms with Crippen molar-refractivity contribution >= 4 is 17.4 Å². The molecule has 0 fully saturated rings. The summed E-state index contributed by atoms with van der Waals surface area (Å²) >= 11 is 1.69. The highest BCUT2D eigenvalue weighted by Gasteiger charge is 1.94. The van der Waals surface area contributed by atoms with Gasteiger partial charge in [0.15, 0.2) is 0 Å². The Morgan fingerprint density at radius 2 is 2.38 bits per heavy atom. The van der Waals surface area contributed by atoms with Crippen molar-refractivity contribution in [1.29, 1.82) is 0 Å². The molecule has 0 saturated carbocycles. The second kappa shape index (κ2) is 5.55. The maximum Gasteiger partial charge on any atom is 0.404 e. The summed E-state index contributed by atoms with van der Waals surface area (Å²) in [6.07, 6.45) is -0.974. The highest BCUT2D eigenvalue weighted by atomic mass is 32.1. The topological polar surface area (TPSA) is 61.4 Å². The highest BCUT2D eigenvalue weighted by molar-refractivity contribution is 7.09. The van der Waals surface area contributed by atoms with Crippen LogP contribution in [0.5, 0.6) is 0 Å². The summed E-state index contributed by atoms with van der Waals surface area (Å²) in [4.78, 5) is 11.3. The van der Waals surface area contributed by atoms with Gasteiger partial charge in [-0.25, -0.2) is 4.79 Å². The Labute approximate surface area is 80.6 Å². The minimum absolute atomic E-state index is 0.445. The van der Waals surface area contributed by atoms with Gasteiger partial charge >= 0.3 is 6.09 Å². The lowest BCUT2D eigenvalue weighted by atomic mass is 10.4. The van der Waals surface area contributed by atoms with Crippen LogP contribution >= 0.6 is 11.3 Å². The van der Waals surface area contributed by atoms with Crippen molar-refractivity contribution in [3.8, 4) is 0 Å². The molecular formula is C8H12N2O2S. The molecule has 0 aliphatic carbocycles. The van der Waals surface area contributed by atoms with Crippen LogP contribution < -0.4 is 10.6 Å². The molecule has 5 heteroatoms. The van der Waals surface area contributed by atoms with Gasteiger partial charge in [-0.2, -0.15) is 0 Å². The van der Waals surface area contributed by atoms with Gasteiger partial charge in [0.1, 0.15) is 0 Å². The van der Waals surface area contributed by atoms with Crippen LogP contribution in [0.4, 0.5) is 4.79 Å². The van der Waals surface area contributed by atoms with Crippen LogP contribution in [0.1, 0.15) is 4.88 Å². The number of amides is 1. The van der Waals surface area contributed by atoms with Gasteiger partial charge in [-0.05, 0) is 11.4 Å². The molecule has 0 aliphatic rings. The molecule has 0 saturated heterocycles. The number of thiophene rings is 1. The molecular weight excluding hydrogens is 188 g/mol. The van der Waals surface area contributed by atoms with Crippen molar-refractivity contribution in [2.45, 2.75) is 6.54 Å². The first-order valence-electron chi connectivity index (χ1n) is 3.99. The molecule has 0 spiro atoms. The Balaban J connectivity index is 1.99. The molecule has 0 atom stereocenters. The summed E-state index contributed by atoms with van der Waals surface area (Å²) in [5.74, 6) is 0. The third kappa shape index (κ3) is 4.49. The molecule has 1 heterocycles. The molecule has 0 aliphatic heterocycles. The molecule has 1 aromatic heterocycles. The number of carbonyl (C=O) groups is 1.